The van der Waals surface area contributed by atoms with Gasteiger partial charge in [0.1, 0.15) is 5.60 Å². The highest BCUT2D eigenvalue weighted by atomic mass is 79.9. The molecule has 0 aliphatic carbocycles. The SMILES string of the molecule is CC(C)(C)OC(=O)N1CCCC1(CC(=O)c1ccc2cc(Br)ccc2c1)C(=O)O. The molecular formula is C22H24BrNO5. The lowest BCUT2D eigenvalue weighted by atomic mass is 9.87. The minimum absolute atomic E-state index is 0.216. The van der Waals surface area contributed by atoms with Crippen LogP contribution >= 0.6 is 15.9 Å². The maximum absolute atomic E-state index is 13.0. The topological polar surface area (TPSA) is 83.9 Å². The summed E-state index contributed by atoms with van der Waals surface area (Å²) >= 11 is 3.42. The molecule has 1 aliphatic rings. The van der Waals surface area contributed by atoms with Crippen LogP contribution in [-0.4, -0.2) is 45.5 Å². The Morgan fingerprint density at radius 3 is 2.45 bits per heavy atom. The molecule has 1 fully saturated rings. The second-order valence-corrected chi connectivity index (χ2v) is 9.29. The molecule has 1 aliphatic heterocycles. The first kappa shape index (κ1) is 21.3. The molecule has 1 atom stereocenters. The van der Waals surface area contributed by atoms with E-state index in [1.54, 1.807) is 32.9 Å². The normalized spacial score (nSPS) is 19.4. The molecule has 154 valence electrons. The number of aliphatic carboxylic acids is 1. The Morgan fingerprint density at radius 2 is 1.79 bits per heavy atom. The number of nitrogens with zero attached hydrogens (tertiary/aromatic N) is 1. The first-order valence-electron chi connectivity index (χ1n) is 9.48. The molecule has 1 heterocycles. The number of ether oxygens (including phenoxy) is 1. The van der Waals surface area contributed by atoms with Crippen molar-refractivity contribution in [1.82, 2.24) is 4.90 Å². The van der Waals surface area contributed by atoms with E-state index in [4.69, 9.17) is 4.74 Å². The molecular weight excluding hydrogens is 438 g/mol. The van der Waals surface area contributed by atoms with Crippen molar-refractivity contribution in [2.45, 2.75) is 51.2 Å². The fourth-order valence-corrected chi connectivity index (χ4v) is 4.08. The van der Waals surface area contributed by atoms with Crippen molar-refractivity contribution in [3.05, 3.63) is 46.4 Å². The highest BCUT2D eigenvalue weighted by molar-refractivity contribution is 9.10. The van der Waals surface area contributed by atoms with E-state index in [1.807, 2.05) is 24.3 Å². The molecule has 2 aromatic rings. The number of ketones is 1. The zero-order valence-electron chi connectivity index (χ0n) is 16.7. The summed E-state index contributed by atoms with van der Waals surface area (Å²) < 4.78 is 6.33. The van der Waals surface area contributed by atoms with Crippen LogP contribution in [-0.2, 0) is 9.53 Å². The van der Waals surface area contributed by atoms with E-state index in [9.17, 15) is 19.5 Å². The number of Topliss-reactive ketones (excluding diaryl/α,β-unsaturated/α-hetero) is 1. The maximum Gasteiger partial charge on any atom is 0.411 e. The molecule has 2 aromatic carbocycles. The van der Waals surface area contributed by atoms with Crippen LogP contribution in [0.1, 0.15) is 50.4 Å². The molecule has 0 saturated carbocycles. The first-order valence-corrected chi connectivity index (χ1v) is 10.3. The number of carbonyl (C=O) groups is 3. The summed E-state index contributed by atoms with van der Waals surface area (Å²) in [5.74, 6) is -1.49. The second kappa shape index (κ2) is 7.78. The van der Waals surface area contributed by atoms with Gasteiger partial charge in [0.15, 0.2) is 11.3 Å². The van der Waals surface area contributed by atoms with Crippen molar-refractivity contribution in [3.8, 4) is 0 Å². The molecule has 1 amide bonds. The van der Waals surface area contributed by atoms with Gasteiger partial charge in [-0.3, -0.25) is 9.69 Å². The minimum Gasteiger partial charge on any atom is -0.479 e. The van der Waals surface area contributed by atoms with Crippen molar-refractivity contribution in [3.63, 3.8) is 0 Å². The summed E-state index contributed by atoms with van der Waals surface area (Å²) in [5.41, 5.74) is -1.91. The van der Waals surface area contributed by atoms with Gasteiger partial charge in [-0.2, -0.15) is 0 Å². The summed E-state index contributed by atoms with van der Waals surface area (Å²) in [6, 6.07) is 11.0. The number of benzene rings is 2. The highest BCUT2D eigenvalue weighted by Gasteiger charge is 2.52. The van der Waals surface area contributed by atoms with E-state index >= 15 is 0 Å². The largest absolute Gasteiger partial charge is 0.479 e. The summed E-state index contributed by atoms with van der Waals surface area (Å²) in [6.07, 6.45) is -0.268. The maximum atomic E-state index is 13.0. The Kier molecular flexibility index (Phi) is 5.72. The standard InChI is InChI=1S/C22H24BrNO5/c1-21(2,3)29-20(28)24-10-4-9-22(24,19(26)27)13-18(25)16-6-5-15-12-17(23)8-7-14(15)11-16/h5-8,11-12H,4,9-10,13H2,1-3H3,(H,26,27). The zero-order valence-corrected chi connectivity index (χ0v) is 18.3. The van der Waals surface area contributed by atoms with Crippen LogP contribution in [0, 0.1) is 0 Å². The zero-order chi connectivity index (χ0) is 21.4. The molecule has 3 rings (SSSR count). The third-order valence-electron chi connectivity index (χ3n) is 5.08. The average Bonchev–Trinajstić information content (AvgIpc) is 3.05. The molecule has 0 spiro atoms. The molecule has 29 heavy (non-hydrogen) atoms. The van der Waals surface area contributed by atoms with Gasteiger partial charge in [-0.15, -0.1) is 0 Å². The predicted molar refractivity (Wildman–Crippen MR) is 113 cm³/mol. The average molecular weight is 462 g/mol. The number of fused-ring (bicyclic) bond motifs is 1. The lowest BCUT2D eigenvalue weighted by Gasteiger charge is -2.35. The van der Waals surface area contributed by atoms with Crippen molar-refractivity contribution >= 4 is 44.5 Å². The summed E-state index contributed by atoms with van der Waals surface area (Å²) in [7, 11) is 0. The van der Waals surface area contributed by atoms with Crippen LogP contribution in [0.25, 0.3) is 10.8 Å². The molecule has 7 heteroatoms. The number of halogens is 1. The van der Waals surface area contributed by atoms with E-state index in [0.717, 1.165) is 15.2 Å². The third kappa shape index (κ3) is 4.45. The Bertz CT molecular complexity index is 981. The molecule has 0 radical (unpaired) electrons. The van der Waals surface area contributed by atoms with Crippen LogP contribution in [0.2, 0.25) is 0 Å². The lowest BCUT2D eigenvalue weighted by Crippen LogP contribution is -2.55. The predicted octanol–water partition coefficient (Wildman–Crippen LogP) is 5.03. The molecule has 1 saturated heterocycles. The molecule has 0 aromatic heterocycles. The molecule has 1 N–H and O–H groups in total. The summed E-state index contributed by atoms with van der Waals surface area (Å²) in [6.45, 7) is 5.42. The second-order valence-electron chi connectivity index (χ2n) is 8.38. The summed E-state index contributed by atoms with van der Waals surface area (Å²) in [5, 5.41) is 11.8. The number of amides is 1. The van der Waals surface area contributed by atoms with Crippen LogP contribution in [0.3, 0.4) is 0 Å². The lowest BCUT2D eigenvalue weighted by molar-refractivity contribution is -0.149. The van der Waals surface area contributed by atoms with Crippen molar-refractivity contribution in [2.24, 2.45) is 0 Å². The van der Waals surface area contributed by atoms with E-state index in [-0.39, 0.29) is 25.2 Å². The van der Waals surface area contributed by atoms with Crippen molar-refractivity contribution < 1.29 is 24.2 Å². The summed E-state index contributed by atoms with van der Waals surface area (Å²) in [4.78, 5) is 39.1. The van der Waals surface area contributed by atoms with Crippen LogP contribution < -0.4 is 0 Å². The van der Waals surface area contributed by atoms with E-state index < -0.39 is 23.2 Å². The molecule has 1 unspecified atom stereocenters. The number of hydrogen-bond acceptors (Lipinski definition) is 4. The molecule has 0 bridgehead atoms. The monoisotopic (exact) mass is 461 g/mol. The smallest absolute Gasteiger partial charge is 0.411 e. The van der Waals surface area contributed by atoms with Gasteiger partial charge in [0.25, 0.3) is 0 Å². The Balaban J connectivity index is 1.89. The van der Waals surface area contributed by atoms with Crippen LogP contribution in [0.15, 0.2) is 40.9 Å². The molecule has 6 nitrogen and oxygen atoms in total. The van der Waals surface area contributed by atoms with Gasteiger partial charge in [-0.25, -0.2) is 9.59 Å². The Morgan fingerprint density at radius 1 is 1.14 bits per heavy atom. The Labute approximate surface area is 178 Å². The number of rotatable bonds is 4. The number of hydrogen-bond donors (Lipinski definition) is 1. The van der Waals surface area contributed by atoms with E-state index in [1.165, 1.54) is 4.90 Å². The Hall–Kier alpha value is -2.41. The first-order chi connectivity index (χ1) is 13.5. The fourth-order valence-electron chi connectivity index (χ4n) is 3.70. The van der Waals surface area contributed by atoms with Crippen molar-refractivity contribution in [2.75, 3.05) is 6.54 Å². The fraction of sp³-hybridized carbons (Fsp3) is 0.409. The van der Waals surface area contributed by atoms with E-state index in [0.29, 0.717) is 12.0 Å². The van der Waals surface area contributed by atoms with E-state index in [2.05, 4.69) is 15.9 Å². The quantitative estimate of drug-likeness (QED) is 0.645. The van der Waals surface area contributed by atoms with Crippen LogP contribution in [0.4, 0.5) is 4.79 Å². The van der Waals surface area contributed by atoms with Gasteiger partial charge in [0.05, 0.1) is 0 Å². The number of carboxylic acid groups (broad SMARTS) is 1. The van der Waals surface area contributed by atoms with Crippen molar-refractivity contribution in [1.29, 1.82) is 0 Å². The van der Waals surface area contributed by atoms with Gasteiger partial charge in [0.2, 0.25) is 0 Å². The third-order valence-corrected chi connectivity index (χ3v) is 5.57. The van der Waals surface area contributed by atoms with Crippen LogP contribution in [0.5, 0.6) is 0 Å². The van der Waals surface area contributed by atoms with Gasteiger partial charge in [-0.05, 0) is 62.6 Å². The minimum atomic E-state index is -1.59. The highest BCUT2D eigenvalue weighted by Crippen LogP contribution is 2.36. The van der Waals surface area contributed by atoms with Gasteiger partial charge >= 0.3 is 12.1 Å². The van der Waals surface area contributed by atoms with Gasteiger partial charge in [0, 0.05) is 23.0 Å². The van der Waals surface area contributed by atoms with Gasteiger partial charge in [-0.1, -0.05) is 34.1 Å². The number of carbonyl (C=O) groups excluding carboxylic acids is 2. The number of carboxylic acids is 1. The van der Waals surface area contributed by atoms with Gasteiger partial charge < -0.3 is 9.84 Å². The number of likely N-dealkylation sites (tertiary alicyclic amines) is 1.